The maximum absolute atomic E-state index is 12.2. The zero-order chi connectivity index (χ0) is 15.5. The first-order valence-electron chi connectivity index (χ1n) is 5.99. The van der Waals surface area contributed by atoms with Crippen LogP contribution in [0.1, 0.15) is 5.56 Å². The number of nitriles is 1. The minimum atomic E-state index is -3.77. The van der Waals surface area contributed by atoms with Gasteiger partial charge in [-0.2, -0.15) is 5.26 Å². The Morgan fingerprint density at radius 2 is 1.86 bits per heavy atom. The van der Waals surface area contributed by atoms with Crippen LogP contribution in [0.15, 0.2) is 47.4 Å². The van der Waals surface area contributed by atoms with Crippen molar-refractivity contribution in [3.63, 3.8) is 0 Å². The van der Waals surface area contributed by atoms with Gasteiger partial charge in [0, 0.05) is 6.07 Å². The third kappa shape index (κ3) is 3.43. The van der Waals surface area contributed by atoms with Crippen LogP contribution in [0.2, 0.25) is 0 Å². The fraction of sp³-hybridized carbons (Fsp3) is 0.0714. The molecule has 4 N–H and O–H groups in total. The maximum atomic E-state index is 12.2. The van der Waals surface area contributed by atoms with Gasteiger partial charge in [-0.3, -0.25) is 4.72 Å². The number of aromatic hydroxyl groups is 1. The number of benzene rings is 2. The van der Waals surface area contributed by atoms with Gasteiger partial charge < -0.3 is 10.8 Å². The first-order valence-corrected chi connectivity index (χ1v) is 7.48. The van der Waals surface area contributed by atoms with Crippen molar-refractivity contribution in [1.82, 2.24) is 0 Å². The van der Waals surface area contributed by atoms with Gasteiger partial charge in [0.1, 0.15) is 5.75 Å². The molecular weight excluding hydrogens is 290 g/mol. The number of nitrogen functional groups attached to an aromatic ring is 1. The van der Waals surface area contributed by atoms with Crippen molar-refractivity contribution in [2.75, 3.05) is 10.5 Å². The van der Waals surface area contributed by atoms with Crippen molar-refractivity contribution in [3.05, 3.63) is 48.0 Å². The Morgan fingerprint density at radius 3 is 2.43 bits per heavy atom. The first-order chi connectivity index (χ1) is 9.92. The molecule has 6 nitrogen and oxygen atoms in total. The summed E-state index contributed by atoms with van der Waals surface area (Å²) in [6.45, 7) is 0. The smallest absolute Gasteiger partial charge is 0.261 e. The van der Waals surface area contributed by atoms with E-state index in [1.807, 2.05) is 6.07 Å². The predicted molar refractivity (Wildman–Crippen MR) is 79.1 cm³/mol. The minimum absolute atomic E-state index is 0.0451. The molecule has 0 aromatic heterocycles. The van der Waals surface area contributed by atoms with E-state index < -0.39 is 10.0 Å². The van der Waals surface area contributed by atoms with Crippen LogP contribution in [0.3, 0.4) is 0 Å². The van der Waals surface area contributed by atoms with Gasteiger partial charge >= 0.3 is 0 Å². The Balaban J connectivity index is 2.27. The number of hydrogen-bond donors (Lipinski definition) is 3. The fourth-order valence-corrected chi connectivity index (χ4v) is 2.81. The van der Waals surface area contributed by atoms with Crippen molar-refractivity contribution in [2.45, 2.75) is 11.3 Å². The van der Waals surface area contributed by atoms with Gasteiger partial charge in [-0.05, 0) is 29.8 Å². The highest BCUT2D eigenvalue weighted by atomic mass is 32.2. The summed E-state index contributed by atoms with van der Waals surface area (Å²) in [6.07, 6.45) is 0.221. The molecule has 2 aromatic carbocycles. The Labute approximate surface area is 122 Å². The summed E-state index contributed by atoms with van der Waals surface area (Å²) in [4.78, 5) is 0.0664. The normalized spacial score (nSPS) is 10.8. The van der Waals surface area contributed by atoms with E-state index >= 15 is 0 Å². The summed E-state index contributed by atoms with van der Waals surface area (Å²) >= 11 is 0. The summed E-state index contributed by atoms with van der Waals surface area (Å²) in [7, 11) is -3.77. The van der Waals surface area contributed by atoms with Crippen LogP contribution in [0.25, 0.3) is 0 Å². The van der Waals surface area contributed by atoms with E-state index in [2.05, 4.69) is 4.72 Å². The van der Waals surface area contributed by atoms with Crippen LogP contribution in [0.4, 0.5) is 11.4 Å². The Bertz CT molecular complexity index is 793. The number of sulfonamides is 1. The highest BCUT2D eigenvalue weighted by Crippen LogP contribution is 2.25. The van der Waals surface area contributed by atoms with Crippen molar-refractivity contribution < 1.29 is 13.5 Å². The van der Waals surface area contributed by atoms with Crippen LogP contribution in [0, 0.1) is 11.3 Å². The number of anilines is 2. The van der Waals surface area contributed by atoms with Crippen molar-refractivity contribution in [3.8, 4) is 11.8 Å². The van der Waals surface area contributed by atoms with E-state index in [0.717, 1.165) is 5.56 Å². The number of phenolic OH excluding ortho intramolecular Hbond substituents is 1. The number of nitrogens with two attached hydrogens (primary N) is 1. The minimum Gasteiger partial charge on any atom is -0.508 e. The van der Waals surface area contributed by atoms with Crippen molar-refractivity contribution in [1.29, 1.82) is 5.26 Å². The van der Waals surface area contributed by atoms with Gasteiger partial charge in [0.25, 0.3) is 10.0 Å². The van der Waals surface area contributed by atoms with Crippen LogP contribution >= 0.6 is 0 Å². The van der Waals surface area contributed by atoms with Gasteiger partial charge in [0.15, 0.2) is 0 Å². The third-order valence-corrected chi connectivity index (χ3v) is 4.18. The average molecular weight is 303 g/mol. The van der Waals surface area contributed by atoms with Crippen molar-refractivity contribution in [2.24, 2.45) is 0 Å². The molecule has 0 unspecified atom stereocenters. The Morgan fingerprint density at radius 1 is 1.19 bits per heavy atom. The van der Waals surface area contributed by atoms with Gasteiger partial charge in [0.2, 0.25) is 0 Å². The molecule has 0 saturated heterocycles. The highest BCUT2D eigenvalue weighted by Gasteiger charge is 2.15. The number of nitrogens with zero attached hydrogens (tertiary/aromatic N) is 1. The molecule has 0 aliphatic rings. The molecule has 21 heavy (non-hydrogen) atoms. The molecule has 0 amide bonds. The highest BCUT2D eigenvalue weighted by molar-refractivity contribution is 7.92. The molecule has 2 rings (SSSR count). The quantitative estimate of drug-likeness (QED) is 0.588. The molecule has 0 bridgehead atoms. The second kappa shape index (κ2) is 5.73. The molecule has 0 radical (unpaired) electrons. The Kier molecular flexibility index (Phi) is 4.00. The molecule has 0 heterocycles. The lowest BCUT2D eigenvalue weighted by Crippen LogP contribution is -2.14. The van der Waals surface area contributed by atoms with E-state index in [1.54, 1.807) is 12.1 Å². The van der Waals surface area contributed by atoms with E-state index in [9.17, 15) is 13.5 Å². The summed E-state index contributed by atoms with van der Waals surface area (Å²) in [6, 6.07) is 12.0. The standard InChI is InChI=1S/C14H13N3O3S/c15-8-7-10-1-4-12(5-2-10)21(19,20)17-14-6-3-11(18)9-13(14)16/h1-6,9,17-18H,7,16H2. The lowest BCUT2D eigenvalue weighted by molar-refractivity contribution is 0.475. The monoisotopic (exact) mass is 303 g/mol. The predicted octanol–water partition coefficient (Wildman–Crippen LogP) is 1.84. The van der Waals surface area contributed by atoms with E-state index in [-0.39, 0.29) is 28.4 Å². The van der Waals surface area contributed by atoms with E-state index in [0.29, 0.717) is 0 Å². The molecule has 108 valence electrons. The van der Waals surface area contributed by atoms with Crippen LogP contribution in [0.5, 0.6) is 5.75 Å². The second-order valence-corrected chi connectivity index (χ2v) is 6.04. The van der Waals surface area contributed by atoms with E-state index in [1.165, 1.54) is 30.3 Å². The van der Waals surface area contributed by atoms with Gasteiger partial charge in [-0.15, -0.1) is 0 Å². The van der Waals surface area contributed by atoms with Crippen LogP contribution in [-0.4, -0.2) is 13.5 Å². The molecule has 7 heteroatoms. The fourth-order valence-electron chi connectivity index (χ4n) is 1.72. The second-order valence-electron chi connectivity index (χ2n) is 4.36. The Hall–Kier alpha value is -2.72. The van der Waals surface area contributed by atoms with Gasteiger partial charge in [0.05, 0.1) is 28.8 Å². The topological polar surface area (TPSA) is 116 Å². The molecule has 0 aliphatic heterocycles. The van der Waals surface area contributed by atoms with Gasteiger partial charge in [-0.25, -0.2) is 8.42 Å². The lowest BCUT2D eigenvalue weighted by atomic mass is 10.2. The summed E-state index contributed by atoms with van der Waals surface area (Å²) in [5.41, 5.74) is 6.70. The van der Waals surface area contributed by atoms with Crippen LogP contribution < -0.4 is 10.5 Å². The molecule has 0 fully saturated rings. The summed E-state index contributed by atoms with van der Waals surface area (Å²) < 4.78 is 26.8. The lowest BCUT2D eigenvalue weighted by Gasteiger charge is -2.10. The zero-order valence-electron chi connectivity index (χ0n) is 10.9. The van der Waals surface area contributed by atoms with Crippen molar-refractivity contribution >= 4 is 21.4 Å². The zero-order valence-corrected chi connectivity index (χ0v) is 11.8. The largest absolute Gasteiger partial charge is 0.508 e. The third-order valence-electron chi connectivity index (χ3n) is 2.80. The molecular formula is C14H13N3O3S. The summed E-state index contributed by atoms with van der Waals surface area (Å²) in [5.74, 6) is -0.0451. The number of rotatable bonds is 4. The SMILES string of the molecule is N#CCc1ccc(S(=O)(=O)Nc2ccc(O)cc2N)cc1. The van der Waals surface area contributed by atoms with Gasteiger partial charge in [-0.1, -0.05) is 12.1 Å². The van der Waals surface area contributed by atoms with E-state index in [4.69, 9.17) is 11.0 Å². The number of nitrogens with one attached hydrogen (secondary N) is 1. The summed E-state index contributed by atoms with van der Waals surface area (Å²) in [5, 5.41) is 17.8. The molecule has 0 atom stereocenters. The van der Waals surface area contributed by atoms with Crippen LogP contribution in [-0.2, 0) is 16.4 Å². The molecule has 2 aromatic rings. The number of phenols is 1. The molecule has 0 spiro atoms. The first kappa shape index (κ1) is 14.7. The number of hydrogen-bond acceptors (Lipinski definition) is 5. The molecule has 0 aliphatic carbocycles. The average Bonchev–Trinajstić information content (AvgIpc) is 2.43. The molecule has 0 saturated carbocycles. The maximum Gasteiger partial charge on any atom is 0.261 e.